The van der Waals surface area contributed by atoms with Crippen LogP contribution >= 0.6 is 0 Å². The Morgan fingerprint density at radius 3 is 2.06 bits per heavy atom. The highest BCUT2D eigenvalue weighted by molar-refractivity contribution is 6.74. The highest BCUT2D eigenvalue weighted by Crippen LogP contribution is 2.42. The van der Waals surface area contributed by atoms with Crippen molar-refractivity contribution >= 4 is 8.32 Å². The fraction of sp³-hybridized carbons (Fsp3) is 0.538. The zero-order valence-electron chi connectivity index (χ0n) is 20.9. The average Bonchev–Trinajstić information content (AvgIpc) is 2.66. The van der Waals surface area contributed by atoms with Crippen molar-refractivity contribution in [1.82, 2.24) is 0 Å². The van der Waals surface area contributed by atoms with Crippen molar-refractivity contribution < 1.29 is 18.3 Å². The Labute approximate surface area is 189 Å². The van der Waals surface area contributed by atoms with Crippen LogP contribution in [-0.4, -0.2) is 22.5 Å². The van der Waals surface area contributed by atoms with Gasteiger partial charge in [-0.25, -0.2) is 4.39 Å². The zero-order valence-corrected chi connectivity index (χ0v) is 21.9. The van der Waals surface area contributed by atoms with Crippen LogP contribution < -0.4 is 4.74 Å². The van der Waals surface area contributed by atoms with Crippen molar-refractivity contribution in [2.45, 2.75) is 72.4 Å². The van der Waals surface area contributed by atoms with E-state index < -0.39 is 8.32 Å². The molecule has 2 rings (SSSR count). The van der Waals surface area contributed by atoms with E-state index in [0.717, 1.165) is 16.7 Å². The standard InChI is InChI=1S/C26H39FO3Si/c1-25(2,3)24(29-8)22-15-18(17-30-31(9,10)26(4,5)6)11-13-20(22)21-16-19(28-7)12-14-23(21)27/h11-16,24H,17H2,1-10H3/t24-/m1/s1. The molecular formula is C26H39FO3Si. The van der Waals surface area contributed by atoms with Gasteiger partial charge in [0.05, 0.1) is 19.8 Å². The third kappa shape index (κ3) is 5.97. The Hall–Kier alpha value is -1.69. The minimum Gasteiger partial charge on any atom is -0.497 e. The Morgan fingerprint density at radius 1 is 0.903 bits per heavy atom. The third-order valence-electron chi connectivity index (χ3n) is 6.29. The Kier molecular flexibility index (Phi) is 7.78. The molecule has 0 heterocycles. The molecule has 0 radical (unpaired) electrons. The minimum absolute atomic E-state index is 0.139. The summed E-state index contributed by atoms with van der Waals surface area (Å²) in [5, 5.41) is 0.139. The Balaban J connectivity index is 2.57. The topological polar surface area (TPSA) is 27.7 Å². The van der Waals surface area contributed by atoms with E-state index in [1.54, 1.807) is 26.4 Å². The molecule has 3 nitrogen and oxygen atoms in total. The second-order valence-electron chi connectivity index (χ2n) is 10.8. The molecule has 0 aliphatic heterocycles. The molecule has 0 bridgehead atoms. The maximum absolute atomic E-state index is 14.9. The van der Waals surface area contributed by atoms with Gasteiger partial charge in [-0.3, -0.25) is 0 Å². The van der Waals surface area contributed by atoms with Crippen LogP contribution in [0.3, 0.4) is 0 Å². The van der Waals surface area contributed by atoms with Crippen LogP contribution in [-0.2, 0) is 15.8 Å². The summed E-state index contributed by atoms with van der Waals surface area (Å²) in [6.07, 6.45) is -0.207. The van der Waals surface area contributed by atoms with Gasteiger partial charge in [-0.15, -0.1) is 0 Å². The lowest BCUT2D eigenvalue weighted by Crippen LogP contribution is -2.40. The second-order valence-corrected chi connectivity index (χ2v) is 15.6. The van der Waals surface area contributed by atoms with Gasteiger partial charge in [0.1, 0.15) is 11.6 Å². The minimum atomic E-state index is -1.88. The van der Waals surface area contributed by atoms with Gasteiger partial charge in [-0.05, 0) is 58.4 Å². The van der Waals surface area contributed by atoms with Gasteiger partial charge in [0, 0.05) is 12.7 Å². The number of benzene rings is 2. The van der Waals surface area contributed by atoms with Crippen LogP contribution in [0.2, 0.25) is 18.1 Å². The highest BCUT2D eigenvalue weighted by atomic mass is 28.4. The van der Waals surface area contributed by atoms with E-state index >= 15 is 0 Å². The van der Waals surface area contributed by atoms with Crippen molar-refractivity contribution in [1.29, 1.82) is 0 Å². The molecular weight excluding hydrogens is 407 g/mol. The lowest BCUT2D eigenvalue weighted by Gasteiger charge is -2.36. The summed E-state index contributed by atoms with van der Waals surface area (Å²) in [5.74, 6) is 0.341. The summed E-state index contributed by atoms with van der Waals surface area (Å²) >= 11 is 0. The van der Waals surface area contributed by atoms with Crippen LogP contribution in [0.25, 0.3) is 11.1 Å². The number of rotatable bonds is 7. The van der Waals surface area contributed by atoms with Crippen molar-refractivity contribution in [2.75, 3.05) is 14.2 Å². The third-order valence-corrected chi connectivity index (χ3v) is 10.8. The van der Waals surface area contributed by atoms with Crippen molar-refractivity contribution in [2.24, 2.45) is 5.41 Å². The molecule has 31 heavy (non-hydrogen) atoms. The van der Waals surface area contributed by atoms with Gasteiger partial charge < -0.3 is 13.9 Å². The summed E-state index contributed by atoms with van der Waals surface area (Å²) in [6.45, 7) is 18.1. The molecule has 0 spiro atoms. The van der Waals surface area contributed by atoms with Gasteiger partial charge in [-0.1, -0.05) is 59.7 Å². The van der Waals surface area contributed by atoms with Gasteiger partial charge in [-0.2, -0.15) is 0 Å². The van der Waals surface area contributed by atoms with E-state index in [1.807, 2.05) is 12.1 Å². The maximum Gasteiger partial charge on any atom is 0.192 e. The quantitative estimate of drug-likeness (QED) is 0.407. The molecule has 0 saturated carbocycles. The molecule has 172 valence electrons. The predicted molar refractivity (Wildman–Crippen MR) is 130 cm³/mol. The Morgan fingerprint density at radius 2 is 1.55 bits per heavy atom. The molecule has 2 aromatic carbocycles. The van der Waals surface area contributed by atoms with Gasteiger partial charge in [0.15, 0.2) is 8.32 Å². The molecule has 0 unspecified atom stereocenters. The molecule has 2 aromatic rings. The molecule has 0 aliphatic rings. The van der Waals surface area contributed by atoms with Crippen LogP contribution in [0.4, 0.5) is 4.39 Å². The maximum atomic E-state index is 14.9. The fourth-order valence-electron chi connectivity index (χ4n) is 3.43. The first-order valence-electron chi connectivity index (χ1n) is 10.8. The Bertz CT molecular complexity index is 895. The summed E-state index contributed by atoms with van der Waals surface area (Å²) in [4.78, 5) is 0. The monoisotopic (exact) mass is 446 g/mol. The van der Waals surface area contributed by atoms with Crippen LogP contribution in [0.15, 0.2) is 36.4 Å². The van der Waals surface area contributed by atoms with Gasteiger partial charge in [0.25, 0.3) is 0 Å². The van der Waals surface area contributed by atoms with E-state index in [9.17, 15) is 4.39 Å². The van der Waals surface area contributed by atoms with Crippen molar-refractivity contribution in [3.05, 3.63) is 53.3 Å². The van der Waals surface area contributed by atoms with Crippen molar-refractivity contribution in [3.63, 3.8) is 0 Å². The summed E-state index contributed by atoms with van der Waals surface area (Å²) < 4.78 is 32.6. The number of halogens is 1. The summed E-state index contributed by atoms with van der Waals surface area (Å²) in [6, 6.07) is 11.0. The summed E-state index contributed by atoms with van der Waals surface area (Å²) in [5.41, 5.74) is 3.18. The van der Waals surface area contributed by atoms with Gasteiger partial charge >= 0.3 is 0 Å². The van der Waals surface area contributed by atoms with Crippen LogP contribution in [0.1, 0.15) is 58.8 Å². The number of ether oxygens (including phenoxy) is 2. The van der Waals surface area contributed by atoms with Crippen molar-refractivity contribution in [3.8, 4) is 16.9 Å². The normalized spacial score (nSPS) is 13.9. The van der Waals surface area contributed by atoms with Crippen LogP contribution in [0.5, 0.6) is 5.75 Å². The first kappa shape index (κ1) is 25.6. The molecule has 0 N–H and O–H groups in total. The van der Waals surface area contributed by atoms with E-state index in [1.165, 1.54) is 6.07 Å². The molecule has 0 saturated heterocycles. The second kappa shape index (κ2) is 9.43. The zero-order chi connectivity index (χ0) is 23.6. The van der Waals surface area contributed by atoms with E-state index in [4.69, 9.17) is 13.9 Å². The SMILES string of the molecule is COc1ccc(F)c(-c2ccc(CO[Si](C)(C)C(C)(C)C)cc2[C@@H](OC)C(C)(C)C)c1. The van der Waals surface area contributed by atoms with E-state index in [0.29, 0.717) is 17.9 Å². The molecule has 0 aromatic heterocycles. The van der Waals surface area contributed by atoms with Gasteiger partial charge in [0.2, 0.25) is 0 Å². The average molecular weight is 447 g/mol. The lowest BCUT2D eigenvalue weighted by atomic mass is 9.81. The van der Waals surface area contributed by atoms with Crippen LogP contribution in [0, 0.1) is 11.2 Å². The number of hydrogen-bond acceptors (Lipinski definition) is 3. The summed E-state index contributed by atoms with van der Waals surface area (Å²) in [7, 11) is 1.41. The number of hydrogen-bond donors (Lipinski definition) is 0. The largest absolute Gasteiger partial charge is 0.497 e. The molecule has 0 aliphatic carbocycles. The van der Waals surface area contributed by atoms with E-state index in [-0.39, 0.29) is 22.4 Å². The molecule has 0 amide bonds. The fourth-order valence-corrected chi connectivity index (χ4v) is 4.39. The molecule has 5 heteroatoms. The highest BCUT2D eigenvalue weighted by Gasteiger charge is 2.37. The smallest absolute Gasteiger partial charge is 0.192 e. The molecule has 1 atom stereocenters. The predicted octanol–water partition coefficient (Wildman–Crippen LogP) is 7.76. The number of methoxy groups -OCH3 is 2. The first-order chi connectivity index (χ1) is 14.2. The lowest BCUT2D eigenvalue weighted by molar-refractivity contribution is 0.0155. The van der Waals surface area contributed by atoms with E-state index in [2.05, 4.69) is 60.7 Å². The first-order valence-corrected chi connectivity index (χ1v) is 13.8. The molecule has 0 fully saturated rings.